The van der Waals surface area contributed by atoms with Crippen molar-refractivity contribution >= 4 is 5.97 Å². The van der Waals surface area contributed by atoms with Gasteiger partial charge in [0, 0.05) is 6.07 Å². The van der Waals surface area contributed by atoms with Crippen molar-refractivity contribution in [2.75, 3.05) is 6.61 Å². The molecule has 0 amide bonds. The van der Waals surface area contributed by atoms with Gasteiger partial charge >= 0.3 is 5.97 Å². The second-order valence-electron chi connectivity index (χ2n) is 4.69. The number of carboxylic acids is 1. The van der Waals surface area contributed by atoms with E-state index in [1.54, 1.807) is 0 Å². The van der Waals surface area contributed by atoms with E-state index in [1.165, 1.54) is 6.07 Å². The fourth-order valence-electron chi connectivity index (χ4n) is 1.83. The van der Waals surface area contributed by atoms with E-state index >= 15 is 0 Å². The Balaban J connectivity index is 2.08. The van der Waals surface area contributed by atoms with Crippen molar-refractivity contribution in [2.24, 2.45) is 0 Å². The van der Waals surface area contributed by atoms with E-state index in [-0.39, 0.29) is 18.8 Å². The zero-order valence-corrected chi connectivity index (χ0v) is 11.0. The van der Waals surface area contributed by atoms with E-state index in [9.17, 15) is 9.90 Å². The van der Waals surface area contributed by atoms with Gasteiger partial charge < -0.3 is 14.7 Å². The van der Waals surface area contributed by atoms with Crippen molar-refractivity contribution in [3.8, 4) is 0 Å². The molecule has 0 radical (unpaired) electrons. The van der Waals surface area contributed by atoms with E-state index in [0.717, 1.165) is 5.56 Å². The average Bonchev–Trinajstić information content (AvgIpc) is 2.95. The van der Waals surface area contributed by atoms with Gasteiger partial charge in [0.25, 0.3) is 0 Å². The second kappa shape index (κ2) is 5.85. The summed E-state index contributed by atoms with van der Waals surface area (Å²) >= 11 is 0. The maximum atomic E-state index is 10.7. The number of aromatic nitrogens is 1. The van der Waals surface area contributed by atoms with Crippen molar-refractivity contribution < 1.29 is 19.5 Å². The standard InChI is InChI=1S/C14H16N2O4/c1-14(9-17,10-5-3-2-4-6-10)15-8-11-7-12(13(18)19)16-20-11/h2-7,15,17H,8-9H2,1H3,(H,18,19). The highest BCUT2D eigenvalue weighted by Crippen LogP contribution is 2.20. The normalized spacial score (nSPS) is 13.9. The third-order valence-electron chi connectivity index (χ3n) is 3.16. The van der Waals surface area contributed by atoms with Gasteiger partial charge in [0.1, 0.15) is 0 Å². The van der Waals surface area contributed by atoms with E-state index in [0.29, 0.717) is 5.76 Å². The third kappa shape index (κ3) is 3.04. The summed E-state index contributed by atoms with van der Waals surface area (Å²) in [4.78, 5) is 10.7. The summed E-state index contributed by atoms with van der Waals surface area (Å²) in [6, 6.07) is 10.9. The Morgan fingerprint density at radius 2 is 2.10 bits per heavy atom. The number of nitrogens with one attached hydrogen (secondary N) is 1. The van der Waals surface area contributed by atoms with Gasteiger partial charge in [-0.25, -0.2) is 4.79 Å². The maximum absolute atomic E-state index is 10.7. The molecule has 0 aliphatic heterocycles. The number of hydrogen-bond donors (Lipinski definition) is 3. The molecule has 0 spiro atoms. The molecule has 6 heteroatoms. The molecule has 0 saturated heterocycles. The topological polar surface area (TPSA) is 95.6 Å². The lowest BCUT2D eigenvalue weighted by Gasteiger charge is -2.29. The highest BCUT2D eigenvalue weighted by atomic mass is 16.5. The van der Waals surface area contributed by atoms with Crippen LogP contribution >= 0.6 is 0 Å². The molecule has 0 aliphatic carbocycles. The van der Waals surface area contributed by atoms with Crippen LogP contribution in [-0.4, -0.2) is 27.9 Å². The summed E-state index contributed by atoms with van der Waals surface area (Å²) in [6.45, 7) is 2.03. The number of aromatic carboxylic acids is 1. The molecule has 0 bridgehead atoms. The lowest BCUT2D eigenvalue weighted by molar-refractivity contribution is 0.0685. The fourth-order valence-corrected chi connectivity index (χ4v) is 1.83. The van der Waals surface area contributed by atoms with Crippen LogP contribution in [0.5, 0.6) is 0 Å². The first-order valence-electron chi connectivity index (χ1n) is 6.15. The van der Waals surface area contributed by atoms with Gasteiger partial charge in [-0.05, 0) is 12.5 Å². The number of benzene rings is 1. The second-order valence-corrected chi connectivity index (χ2v) is 4.69. The molecule has 3 N–H and O–H groups in total. The summed E-state index contributed by atoms with van der Waals surface area (Å²) in [5.74, 6) is -0.731. The molecule has 0 fully saturated rings. The van der Waals surface area contributed by atoms with E-state index < -0.39 is 11.5 Å². The zero-order valence-electron chi connectivity index (χ0n) is 11.0. The van der Waals surface area contributed by atoms with Crippen LogP contribution in [0.4, 0.5) is 0 Å². The Morgan fingerprint density at radius 3 is 2.65 bits per heavy atom. The van der Waals surface area contributed by atoms with Crippen LogP contribution < -0.4 is 5.32 Å². The molecule has 0 aliphatic rings. The third-order valence-corrected chi connectivity index (χ3v) is 3.16. The minimum Gasteiger partial charge on any atom is -0.476 e. The predicted octanol–water partition coefficient (Wildman–Crippen LogP) is 1.37. The molecule has 1 atom stereocenters. The minimum atomic E-state index is -1.13. The van der Waals surface area contributed by atoms with Crippen molar-refractivity contribution in [1.29, 1.82) is 0 Å². The van der Waals surface area contributed by atoms with E-state index in [1.807, 2.05) is 37.3 Å². The smallest absolute Gasteiger partial charge is 0.358 e. The molecular weight excluding hydrogens is 260 g/mol. The molecule has 6 nitrogen and oxygen atoms in total. The van der Waals surface area contributed by atoms with Gasteiger partial charge in [-0.15, -0.1) is 0 Å². The van der Waals surface area contributed by atoms with Crippen LogP contribution in [0.2, 0.25) is 0 Å². The number of rotatable bonds is 6. The SMILES string of the molecule is CC(CO)(NCc1cc(C(=O)O)no1)c1ccccc1. The zero-order chi connectivity index (χ0) is 14.6. The van der Waals surface area contributed by atoms with E-state index in [2.05, 4.69) is 10.5 Å². The first kappa shape index (κ1) is 14.2. The number of carboxylic acid groups (broad SMARTS) is 1. The highest BCUT2D eigenvalue weighted by molar-refractivity contribution is 5.85. The van der Waals surface area contributed by atoms with Crippen molar-refractivity contribution in [3.05, 3.63) is 53.4 Å². The maximum Gasteiger partial charge on any atom is 0.358 e. The van der Waals surface area contributed by atoms with Crippen LogP contribution in [0.15, 0.2) is 40.9 Å². The summed E-state index contributed by atoms with van der Waals surface area (Å²) in [5, 5.41) is 25.0. The number of carbonyl (C=O) groups is 1. The molecule has 20 heavy (non-hydrogen) atoms. The number of aliphatic hydroxyl groups is 1. The molecule has 1 aromatic heterocycles. The van der Waals surface area contributed by atoms with Gasteiger partial charge in [0.2, 0.25) is 0 Å². The van der Waals surface area contributed by atoms with Gasteiger partial charge in [-0.2, -0.15) is 0 Å². The molecule has 1 heterocycles. The molecule has 1 aromatic carbocycles. The quantitative estimate of drug-likeness (QED) is 0.737. The Kier molecular flexibility index (Phi) is 4.16. The predicted molar refractivity (Wildman–Crippen MR) is 71.2 cm³/mol. The van der Waals surface area contributed by atoms with Crippen molar-refractivity contribution in [3.63, 3.8) is 0 Å². The van der Waals surface area contributed by atoms with Gasteiger partial charge in [0.15, 0.2) is 11.5 Å². The van der Waals surface area contributed by atoms with Crippen molar-refractivity contribution in [2.45, 2.75) is 19.0 Å². The average molecular weight is 276 g/mol. The van der Waals surface area contributed by atoms with Crippen LogP contribution in [0.25, 0.3) is 0 Å². The monoisotopic (exact) mass is 276 g/mol. The van der Waals surface area contributed by atoms with Crippen LogP contribution in [0, 0.1) is 0 Å². The Hall–Kier alpha value is -2.18. The Morgan fingerprint density at radius 1 is 1.40 bits per heavy atom. The first-order chi connectivity index (χ1) is 9.55. The Labute approximate surface area is 116 Å². The van der Waals surface area contributed by atoms with Gasteiger partial charge in [0.05, 0.1) is 18.7 Å². The highest BCUT2D eigenvalue weighted by Gasteiger charge is 2.25. The molecule has 2 aromatic rings. The fraction of sp³-hybridized carbons (Fsp3) is 0.286. The summed E-state index contributed by atoms with van der Waals surface area (Å²) < 4.78 is 4.93. The molecule has 2 rings (SSSR count). The molecule has 106 valence electrons. The van der Waals surface area contributed by atoms with Crippen molar-refractivity contribution in [1.82, 2.24) is 10.5 Å². The number of nitrogens with zero attached hydrogens (tertiary/aromatic N) is 1. The van der Waals surface area contributed by atoms with Crippen LogP contribution in [-0.2, 0) is 12.1 Å². The largest absolute Gasteiger partial charge is 0.476 e. The number of aliphatic hydroxyl groups excluding tert-OH is 1. The first-order valence-corrected chi connectivity index (χ1v) is 6.15. The summed E-state index contributed by atoms with van der Waals surface area (Å²) in [6.07, 6.45) is 0. The lowest BCUT2D eigenvalue weighted by Crippen LogP contribution is -2.42. The molecule has 0 saturated carbocycles. The van der Waals surface area contributed by atoms with Gasteiger partial charge in [-0.3, -0.25) is 5.32 Å². The van der Waals surface area contributed by atoms with E-state index in [4.69, 9.17) is 9.63 Å². The summed E-state index contributed by atoms with van der Waals surface area (Å²) in [5.41, 5.74) is 0.157. The Bertz CT molecular complexity index is 582. The minimum absolute atomic E-state index is 0.100. The lowest BCUT2D eigenvalue weighted by atomic mass is 9.93. The van der Waals surface area contributed by atoms with Crippen LogP contribution in [0.3, 0.4) is 0 Å². The summed E-state index contributed by atoms with van der Waals surface area (Å²) in [7, 11) is 0. The number of hydrogen-bond acceptors (Lipinski definition) is 5. The molecule has 1 unspecified atom stereocenters. The molecular formula is C14H16N2O4. The van der Waals surface area contributed by atoms with Crippen LogP contribution in [0.1, 0.15) is 28.7 Å². The van der Waals surface area contributed by atoms with Gasteiger partial charge in [-0.1, -0.05) is 35.5 Å².